The maximum Gasteiger partial charge on any atom is 0.156 e. The van der Waals surface area contributed by atoms with E-state index >= 15 is 0 Å². The van der Waals surface area contributed by atoms with Crippen LogP contribution >= 0.6 is 0 Å². The molecule has 1 aliphatic carbocycles. The van der Waals surface area contributed by atoms with E-state index in [1.807, 2.05) is 6.08 Å². The number of ketones is 1. The molecular formula is C11H18O3. The molecule has 80 valence electrons. The van der Waals surface area contributed by atoms with E-state index < -0.39 is 0 Å². The molecule has 3 nitrogen and oxygen atoms in total. The Morgan fingerprint density at radius 3 is 2.57 bits per heavy atom. The van der Waals surface area contributed by atoms with Gasteiger partial charge in [-0.05, 0) is 24.3 Å². The molecule has 0 saturated carbocycles. The van der Waals surface area contributed by atoms with Crippen molar-refractivity contribution in [3.8, 4) is 0 Å². The SMILES string of the molecule is COC(CCC1(C)C=CC(=O)C1)OC. The average molecular weight is 198 g/mol. The first-order chi connectivity index (χ1) is 6.59. The van der Waals surface area contributed by atoms with Crippen molar-refractivity contribution < 1.29 is 14.3 Å². The lowest BCUT2D eigenvalue weighted by Gasteiger charge is -2.23. The van der Waals surface area contributed by atoms with E-state index in [9.17, 15) is 4.79 Å². The molecule has 3 heteroatoms. The molecule has 0 radical (unpaired) electrons. The first kappa shape index (κ1) is 11.4. The minimum absolute atomic E-state index is 0.00634. The Morgan fingerprint density at radius 1 is 1.50 bits per heavy atom. The summed E-state index contributed by atoms with van der Waals surface area (Å²) >= 11 is 0. The number of methoxy groups -OCH3 is 2. The van der Waals surface area contributed by atoms with Crippen LogP contribution in [0.5, 0.6) is 0 Å². The van der Waals surface area contributed by atoms with Gasteiger partial charge >= 0.3 is 0 Å². The fourth-order valence-electron chi connectivity index (χ4n) is 1.76. The zero-order chi connectivity index (χ0) is 10.6. The number of allylic oxidation sites excluding steroid dienone is 2. The summed E-state index contributed by atoms with van der Waals surface area (Å²) in [6.45, 7) is 2.09. The number of hydrogen-bond acceptors (Lipinski definition) is 3. The van der Waals surface area contributed by atoms with Crippen molar-refractivity contribution in [2.75, 3.05) is 14.2 Å². The van der Waals surface area contributed by atoms with Gasteiger partial charge in [0.1, 0.15) is 0 Å². The van der Waals surface area contributed by atoms with Crippen LogP contribution in [0.25, 0.3) is 0 Å². The van der Waals surface area contributed by atoms with Gasteiger partial charge in [0.15, 0.2) is 12.1 Å². The normalized spacial score (nSPS) is 26.4. The lowest BCUT2D eigenvalue weighted by Crippen LogP contribution is -2.19. The molecule has 0 bridgehead atoms. The summed E-state index contributed by atoms with van der Waals surface area (Å²) in [7, 11) is 3.26. The molecule has 14 heavy (non-hydrogen) atoms. The van der Waals surface area contributed by atoms with Crippen LogP contribution < -0.4 is 0 Å². The average Bonchev–Trinajstić information content (AvgIpc) is 2.49. The predicted molar refractivity (Wildman–Crippen MR) is 53.9 cm³/mol. The molecule has 1 unspecified atom stereocenters. The predicted octanol–water partition coefficient (Wildman–Crippen LogP) is 1.92. The van der Waals surface area contributed by atoms with Crippen LogP contribution in [0.1, 0.15) is 26.2 Å². The molecule has 0 aromatic carbocycles. The van der Waals surface area contributed by atoms with Crippen LogP contribution in [-0.4, -0.2) is 26.3 Å². The van der Waals surface area contributed by atoms with Gasteiger partial charge in [-0.3, -0.25) is 4.79 Å². The lowest BCUT2D eigenvalue weighted by molar-refractivity contribution is -0.117. The van der Waals surface area contributed by atoms with E-state index in [4.69, 9.17) is 9.47 Å². The molecule has 0 aliphatic heterocycles. The third kappa shape index (κ3) is 2.93. The van der Waals surface area contributed by atoms with Crippen molar-refractivity contribution >= 4 is 5.78 Å². The van der Waals surface area contributed by atoms with Crippen LogP contribution in [0, 0.1) is 5.41 Å². The Bertz CT molecular complexity index is 231. The summed E-state index contributed by atoms with van der Waals surface area (Å²) in [6, 6.07) is 0. The quantitative estimate of drug-likeness (QED) is 0.633. The summed E-state index contributed by atoms with van der Waals surface area (Å²) in [5, 5.41) is 0. The number of rotatable bonds is 5. The highest BCUT2D eigenvalue weighted by Crippen LogP contribution is 2.34. The summed E-state index contributed by atoms with van der Waals surface area (Å²) in [5.41, 5.74) is 0.00634. The smallest absolute Gasteiger partial charge is 0.156 e. The van der Waals surface area contributed by atoms with Crippen LogP contribution in [0.2, 0.25) is 0 Å². The Kier molecular flexibility index (Phi) is 3.84. The van der Waals surface area contributed by atoms with Gasteiger partial charge in [0.25, 0.3) is 0 Å². The van der Waals surface area contributed by atoms with Crippen LogP contribution in [0.3, 0.4) is 0 Å². The first-order valence-corrected chi connectivity index (χ1v) is 4.87. The van der Waals surface area contributed by atoms with Crippen molar-refractivity contribution in [3.05, 3.63) is 12.2 Å². The van der Waals surface area contributed by atoms with Gasteiger partial charge in [-0.15, -0.1) is 0 Å². The second-order valence-electron chi connectivity index (χ2n) is 4.07. The van der Waals surface area contributed by atoms with E-state index in [1.54, 1.807) is 20.3 Å². The van der Waals surface area contributed by atoms with Gasteiger partial charge < -0.3 is 9.47 Å². The Morgan fingerprint density at radius 2 is 2.14 bits per heavy atom. The molecule has 0 saturated heterocycles. The van der Waals surface area contributed by atoms with Crippen molar-refractivity contribution in [2.24, 2.45) is 5.41 Å². The zero-order valence-corrected chi connectivity index (χ0v) is 9.08. The highest BCUT2D eigenvalue weighted by molar-refractivity contribution is 5.92. The molecular weight excluding hydrogens is 180 g/mol. The van der Waals surface area contributed by atoms with Gasteiger partial charge in [0, 0.05) is 20.6 Å². The molecule has 1 rings (SSSR count). The number of carbonyl (C=O) groups is 1. The molecule has 0 aromatic heterocycles. The van der Waals surface area contributed by atoms with Gasteiger partial charge in [0.2, 0.25) is 0 Å². The topological polar surface area (TPSA) is 35.5 Å². The van der Waals surface area contributed by atoms with Gasteiger partial charge in [-0.2, -0.15) is 0 Å². The van der Waals surface area contributed by atoms with Crippen molar-refractivity contribution in [1.29, 1.82) is 0 Å². The standard InChI is InChI=1S/C11H18O3/c1-11(6-4-9(12)8-11)7-5-10(13-2)14-3/h4,6,10H,5,7-8H2,1-3H3. The molecule has 0 amide bonds. The minimum Gasteiger partial charge on any atom is -0.356 e. The largest absolute Gasteiger partial charge is 0.356 e. The van der Waals surface area contributed by atoms with Gasteiger partial charge in [0.05, 0.1) is 0 Å². The van der Waals surface area contributed by atoms with Crippen LogP contribution in [0.15, 0.2) is 12.2 Å². The summed E-state index contributed by atoms with van der Waals surface area (Å²) in [6.07, 6.45) is 5.87. The highest BCUT2D eigenvalue weighted by Gasteiger charge is 2.29. The van der Waals surface area contributed by atoms with E-state index in [-0.39, 0.29) is 17.5 Å². The van der Waals surface area contributed by atoms with E-state index in [0.717, 1.165) is 12.8 Å². The summed E-state index contributed by atoms with van der Waals surface area (Å²) < 4.78 is 10.2. The van der Waals surface area contributed by atoms with Gasteiger partial charge in [-0.1, -0.05) is 13.0 Å². The Balaban J connectivity index is 2.37. The number of hydrogen-bond donors (Lipinski definition) is 0. The number of ether oxygens (including phenoxy) is 2. The Hall–Kier alpha value is -0.670. The monoisotopic (exact) mass is 198 g/mol. The summed E-state index contributed by atoms with van der Waals surface area (Å²) in [5.74, 6) is 0.221. The number of carbonyl (C=O) groups excluding carboxylic acids is 1. The second kappa shape index (κ2) is 4.71. The van der Waals surface area contributed by atoms with Crippen LogP contribution in [0.4, 0.5) is 0 Å². The van der Waals surface area contributed by atoms with Crippen molar-refractivity contribution in [1.82, 2.24) is 0 Å². The third-order valence-electron chi connectivity index (χ3n) is 2.73. The maximum atomic E-state index is 11.1. The fraction of sp³-hybridized carbons (Fsp3) is 0.727. The first-order valence-electron chi connectivity index (χ1n) is 4.87. The lowest BCUT2D eigenvalue weighted by atomic mass is 9.85. The fourth-order valence-corrected chi connectivity index (χ4v) is 1.76. The van der Waals surface area contributed by atoms with Crippen molar-refractivity contribution in [3.63, 3.8) is 0 Å². The van der Waals surface area contributed by atoms with E-state index in [1.165, 1.54) is 0 Å². The molecule has 0 N–H and O–H groups in total. The molecule has 0 fully saturated rings. The zero-order valence-electron chi connectivity index (χ0n) is 9.08. The highest BCUT2D eigenvalue weighted by atomic mass is 16.7. The molecule has 1 atom stereocenters. The maximum absolute atomic E-state index is 11.1. The summed E-state index contributed by atoms with van der Waals surface area (Å²) in [4.78, 5) is 11.1. The molecule has 0 spiro atoms. The molecule has 0 heterocycles. The van der Waals surface area contributed by atoms with Crippen molar-refractivity contribution in [2.45, 2.75) is 32.5 Å². The van der Waals surface area contributed by atoms with E-state index in [0.29, 0.717) is 6.42 Å². The van der Waals surface area contributed by atoms with Crippen LogP contribution in [-0.2, 0) is 14.3 Å². The van der Waals surface area contributed by atoms with Gasteiger partial charge in [-0.25, -0.2) is 0 Å². The van der Waals surface area contributed by atoms with E-state index in [2.05, 4.69) is 6.92 Å². The third-order valence-corrected chi connectivity index (χ3v) is 2.73. The second-order valence-corrected chi connectivity index (χ2v) is 4.07. The Labute approximate surface area is 85.1 Å². The molecule has 1 aliphatic rings. The minimum atomic E-state index is -0.157. The molecule has 0 aromatic rings.